The van der Waals surface area contributed by atoms with Gasteiger partial charge < -0.3 is 30.7 Å². The number of nitrogens with two attached hydrogens (primary N) is 1. The van der Waals surface area contributed by atoms with Crippen LogP contribution in [0.3, 0.4) is 0 Å². The summed E-state index contributed by atoms with van der Waals surface area (Å²) in [5.41, 5.74) is 7.21. The molecule has 3 heterocycles. The minimum atomic E-state index is -0.859. The molecule has 1 saturated heterocycles. The molecule has 1 aliphatic heterocycles. The summed E-state index contributed by atoms with van der Waals surface area (Å²) in [6.07, 6.45) is 0.674. The van der Waals surface area contributed by atoms with E-state index in [0.29, 0.717) is 17.0 Å². The number of H-pyrrole nitrogens is 1. The highest BCUT2D eigenvalue weighted by Crippen LogP contribution is 2.19. The fourth-order valence-corrected chi connectivity index (χ4v) is 2.58. The highest BCUT2D eigenvalue weighted by Gasteiger charge is 2.24. The van der Waals surface area contributed by atoms with E-state index in [1.54, 1.807) is 4.57 Å². The van der Waals surface area contributed by atoms with Gasteiger partial charge in [-0.25, -0.2) is 4.57 Å². The Morgan fingerprint density at radius 3 is 2.82 bits per heavy atom. The van der Waals surface area contributed by atoms with Crippen LogP contribution in [0.4, 0.5) is 11.8 Å². The molecular formula is C13H22N7O2+. The minimum absolute atomic E-state index is 0.216. The lowest BCUT2D eigenvalue weighted by Gasteiger charge is -2.30. The van der Waals surface area contributed by atoms with E-state index in [1.807, 2.05) is 0 Å². The maximum Gasteiger partial charge on any atom is 0.296 e. The van der Waals surface area contributed by atoms with Gasteiger partial charge in [0.1, 0.15) is 6.10 Å². The van der Waals surface area contributed by atoms with Crippen molar-refractivity contribution in [1.82, 2.24) is 19.9 Å². The van der Waals surface area contributed by atoms with Crippen LogP contribution >= 0.6 is 0 Å². The summed E-state index contributed by atoms with van der Waals surface area (Å²) >= 11 is 0. The van der Waals surface area contributed by atoms with Gasteiger partial charge in [0, 0.05) is 26.2 Å². The molecule has 0 radical (unpaired) electrons. The Balaban J connectivity index is 1.94. The number of aliphatic hydroxyl groups is 2. The van der Waals surface area contributed by atoms with E-state index in [0.717, 1.165) is 32.1 Å². The number of aromatic nitrogens is 4. The molecule has 0 spiro atoms. The number of nitrogens with one attached hydrogen (secondary N) is 1. The van der Waals surface area contributed by atoms with Gasteiger partial charge in [-0.2, -0.15) is 0 Å². The Morgan fingerprint density at radius 1 is 1.41 bits per heavy atom. The highest BCUT2D eigenvalue weighted by molar-refractivity contribution is 5.80. The van der Waals surface area contributed by atoms with Crippen molar-refractivity contribution < 1.29 is 14.8 Å². The summed E-state index contributed by atoms with van der Waals surface area (Å²) in [5.74, 6) is 1.13. The smallest absolute Gasteiger partial charge is 0.296 e. The molecule has 5 N–H and O–H groups in total. The first-order chi connectivity index (χ1) is 10.6. The molecule has 0 unspecified atom stereocenters. The maximum absolute atomic E-state index is 9.64. The number of nitrogens with zero attached hydrogens (tertiary/aromatic N) is 5. The van der Waals surface area contributed by atoms with E-state index in [-0.39, 0.29) is 13.2 Å². The van der Waals surface area contributed by atoms with Gasteiger partial charge in [-0.15, -0.1) is 0 Å². The number of hydrogen-bond donors (Lipinski definition) is 4. The van der Waals surface area contributed by atoms with Crippen molar-refractivity contribution in [2.45, 2.75) is 12.6 Å². The maximum atomic E-state index is 9.64. The van der Waals surface area contributed by atoms with Crippen molar-refractivity contribution in [1.29, 1.82) is 0 Å². The Bertz CT molecular complexity index is 651. The normalized spacial score (nSPS) is 18.0. The average Bonchev–Trinajstić information content (AvgIpc) is 2.97. The first kappa shape index (κ1) is 14.9. The number of hydrogen-bond acceptors (Lipinski definition) is 7. The number of nitrogen functional groups attached to an aromatic ring is 1. The molecule has 2 aromatic rings. The first-order valence-corrected chi connectivity index (χ1v) is 7.34. The molecule has 0 aromatic carbocycles. The molecule has 0 bridgehead atoms. The molecule has 9 heteroatoms. The zero-order valence-corrected chi connectivity index (χ0v) is 12.6. The fraction of sp³-hybridized carbons (Fsp3) is 0.615. The number of anilines is 2. The molecule has 0 amide bonds. The molecule has 1 aliphatic rings. The van der Waals surface area contributed by atoms with Crippen molar-refractivity contribution in [2.75, 3.05) is 50.5 Å². The third-order valence-corrected chi connectivity index (χ3v) is 3.96. The summed E-state index contributed by atoms with van der Waals surface area (Å²) in [7, 11) is 2.10. The minimum Gasteiger partial charge on any atom is -0.394 e. The van der Waals surface area contributed by atoms with E-state index in [4.69, 9.17) is 10.8 Å². The van der Waals surface area contributed by atoms with Crippen LogP contribution in [0.15, 0.2) is 6.33 Å². The SMILES string of the molecule is CN1CCN(c2nc3c([nH]2)c(N)nc[n+]3C[C@@H](O)CO)CC1. The zero-order valence-electron chi connectivity index (χ0n) is 12.6. The second-order valence-electron chi connectivity index (χ2n) is 5.67. The van der Waals surface area contributed by atoms with Crippen LogP contribution in [0, 0.1) is 0 Å². The Labute approximate surface area is 128 Å². The molecule has 2 aromatic heterocycles. The highest BCUT2D eigenvalue weighted by atomic mass is 16.3. The summed E-state index contributed by atoms with van der Waals surface area (Å²) in [6.45, 7) is 3.65. The molecule has 9 nitrogen and oxygen atoms in total. The first-order valence-electron chi connectivity index (χ1n) is 7.34. The lowest BCUT2D eigenvalue weighted by molar-refractivity contribution is -0.683. The molecule has 22 heavy (non-hydrogen) atoms. The third kappa shape index (κ3) is 2.82. The van der Waals surface area contributed by atoms with Gasteiger partial charge in [-0.3, -0.25) is 0 Å². The van der Waals surface area contributed by atoms with Crippen LogP contribution in [-0.2, 0) is 6.54 Å². The van der Waals surface area contributed by atoms with Gasteiger partial charge in [-0.05, 0) is 7.05 Å². The number of rotatable bonds is 4. The van der Waals surface area contributed by atoms with Gasteiger partial charge in [0.15, 0.2) is 5.52 Å². The van der Waals surface area contributed by atoms with Crippen LogP contribution in [0.1, 0.15) is 0 Å². The number of aromatic amines is 1. The van der Waals surface area contributed by atoms with Crippen molar-refractivity contribution >= 4 is 22.9 Å². The van der Waals surface area contributed by atoms with Gasteiger partial charge in [0.25, 0.3) is 11.6 Å². The molecule has 3 rings (SSSR count). The average molecular weight is 308 g/mol. The summed E-state index contributed by atoms with van der Waals surface area (Å²) in [4.78, 5) is 16.4. The van der Waals surface area contributed by atoms with Crippen molar-refractivity contribution in [3.63, 3.8) is 0 Å². The van der Waals surface area contributed by atoms with Crippen LogP contribution in [-0.4, -0.2) is 76.0 Å². The molecule has 0 saturated carbocycles. The van der Waals surface area contributed by atoms with E-state index in [2.05, 4.69) is 31.8 Å². The number of fused-ring (bicyclic) bond motifs is 1. The Kier molecular flexibility index (Phi) is 4.10. The van der Waals surface area contributed by atoms with Crippen molar-refractivity contribution in [2.24, 2.45) is 0 Å². The lowest BCUT2D eigenvalue weighted by Crippen LogP contribution is -2.45. The number of piperazine rings is 1. The predicted molar refractivity (Wildman–Crippen MR) is 81.3 cm³/mol. The van der Waals surface area contributed by atoms with E-state index >= 15 is 0 Å². The van der Waals surface area contributed by atoms with Crippen LogP contribution in [0.2, 0.25) is 0 Å². The topological polar surface area (TPSA) is 118 Å². The third-order valence-electron chi connectivity index (χ3n) is 3.96. The summed E-state index contributed by atoms with van der Waals surface area (Å²) in [6, 6.07) is 0. The predicted octanol–water partition coefficient (Wildman–Crippen LogP) is -2.07. The van der Waals surface area contributed by atoms with Gasteiger partial charge >= 0.3 is 0 Å². The summed E-state index contributed by atoms with van der Waals surface area (Å²) in [5, 5.41) is 18.6. The fourth-order valence-electron chi connectivity index (χ4n) is 2.58. The lowest BCUT2D eigenvalue weighted by atomic mass is 10.3. The number of aliphatic hydroxyl groups excluding tert-OH is 2. The van der Waals surface area contributed by atoms with Crippen LogP contribution in [0.5, 0.6) is 0 Å². The zero-order chi connectivity index (χ0) is 15.7. The van der Waals surface area contributed by atoms with Crippen LogP contribution in [0.25, 0.3) is 11.2 Å². The second kappa shape index (κ2) is 6.03. The molecule has 0 aliphatic carbocycles. The Morgan fingerprint density at radius 2 is 2.14 bits per heavy atom. The quantitative estimate of drug-likeness (QED) is 0.479. The summed E-state index contributed by atoms with van der Waals surface area (Å²) < 4.78 is 1.70. The molecule has 1 fully saturated rings. The van der Waals surface area contributed by atoms with Crippen molar-refractivity contribution in [3.05, 3.63) is 6.33 Å². The number of imidazole rings is 1. The number of likely N-dealkylation sites (N-methyl/N-ethyl adjacent to an activating group) is 1. The largest absolute Gasteiger partial charge is 0.394 e. The van der Waals surface area contributed by atoms with Gasteiger partial charge in [0.2, 0.25) is 12.1 Å². The van der Waals surface area contributed by atoms with E-state index in [1.165, 1.54) is 6.33 Å². The molecular weight excluding hydrogens is 286 g/mol. The van der Waals surface area contributed by atoms with E-state index in [9.17, 15) is 5.11 Å². The van der Waals surface area contributed by atoms with E-state index < -0.39 is 6.10 Å². The second-order valence-corrected chi connectivity index (χ2v) is 5.67. The molecule has 120 valence electrons. The standard InChI is InChI=1S/C13H21N7O2/c1-18-2-4-19(5-3-18)13-16-10-11(14)15-8-20(12(10)17-13)6-9(22)7-21/h8-9,21-22H,2-7H2,1H3,(H2,14,16,17)/p+1/t9-/m1/s1. The molecule has 1 atom stereocenters. The van der Waals surface area contributed by atoms with Crippen molar-refractivity contribution in [3.8, 4) is 0 Å². The van der Waals surface area contributed by atoms with Gasteiger partial charge in [-0.1, -0.05) is 9.97 Å². The van der Waals surface area contributed by atoms with Gasteiger partial charge in [0.05, 0.1) is 13.2 Å². The Hall–Kier alpha value is -1.97. The van der Waals surface area contributed by atoms with Crippen LogP contribution < -0.4 is 15.2 Å². The monoisotopic (exact) mass is 308 g/mol.